The fourth-order valence-electron chi connectivity index (χ4n) is 2.15. The number of methoxy groups -OCH3 is 1. The van der Waals surface area contributed by atoms with E-state index in [2.05, 4.69) is 19.2 Å². The first kappa shape index (κ1) is 18.3. The van der Waals surface area contributed by atoms with Gasteiger partial charge in [0.1, 0.15) is 0 Å². The van der Waals surface area contributed by atoms with E-state index in [9.17, 15) is 4.79 Å². The highest BCUT2D eigenvalue weighted by molar-refractivity contribution is 7.15. The molecule has 0 atom stereocenters. The van der Waals surface area contributed by atoms with Crippen LogP contribution in [0.4, 0.5) is 0 Å². The van der Waals surface area contributed by atoms with Crippen molar-refractivity contribution < 1.29 is 14.3 Å². The third-order valence-electron chi connectivity index (χ3n) is 3.49. The van der Waals surface area contributed by atoms with Gasteiger partial charge in [0.2, 0.25) is 0 Å². The first-order valence-electron chi connectivity index (χ1n) is 7.94. The van der Waals surface area contributed by atoms with Gasteiger partial charge in [0.05, 0.1) is 12.0 Å². The number of hydrogen-bond acceptors (Lipinski definition) is 5. The van der Waals surface area contributed by atoms with Crippen LogP contribution in [0.15, 0.2) is 30.3 Å². The highest BCUT2D eigenvalue weighted by Crippen LogP contribution is 2.35. The van der Waals surface area contributed by atoms with E-state index in [0.29, 0.717) is 27.4 Å². The molecule has 0 aliphatic carbocycles. The number of carbonyl (C=O) groups is 1. The Morgan fingerprint density at radius 1 is 1.25 bits per heavy atom. The number of nitrogens with two attached hydrogens (primary N) is 1. The zero-order valence-electron chi connectivity index (χ0n) is 14.3. The summed E-state index contributed by atoms with van der Waals surface area (Å²) in [6.07, 6.45) is 1.15. The van der Waals surface area contributed by atoms with Crippen molar-refractivity contribution in [1.29, 1.82) is 0 Å². The van der Waals surface area contributed by atoms with Gasteiger partial charge >= 0.3 is 0 Å². The van der Waals surface area contributed by atoms with E-state index in [4.69, 9.17) is 15.2 Å². The van der Waals surface area contributed by atoms with Gasteiger partial charge in [0.25, 0.3) is 5.91 Å². The first-order chi connectivity index (χ1) is 11.5. The summed E-state index contributed by atoms with van der Waals surface area (Å²) >= 11 is 1.21. The minimum Gasteiger partial charge on any atom is -0.493 e. The van der Waals surface area contributed by atoms with Crippen molar-refractivity contribution in [2.24, 2.45) is 11.7 Å². The predicted molar refractivity (Wildman–Crippen MR) is 97.1 cm³/mol. The van der Waals surface area contributed by atoms with Crippen molar-refractivity contribution >= 4 is 17.2 Å². The zero-order chi connectivity index (χ0) is 17.5. The van der Waals surface area contributed by atoms with E-state index in [1.54, 1.807) is 19.2 Å². The number of benzene rings is 1. The number of rotatable bonds is 9. The van der Waals surface area contributed by atoms with Gasteiger partial charge in [0.15, 0.2) is 16.6 Å². The lowest BCUT2D eigenvalue weighted by molar-refractivity contribution is 0.100. The molecule has 0 saturated heterocycles. The molecule has 0 spiro atoms. The Morgan fingerprint density at radius 2 is 2.04 bits per heavy atom. The molecule has 1 heterocycles. The summed E-state index contributed by atoms with van der Waals surface area (Å²) in [6, 6.07) is 9.22. The molecule has 2 aromatic rings. The second kappa shape index (κ2) is 8.70. The molecule has 24 heavy (non-hydrogen) atoms. The maximum absolute atomic E-state index is 11.1. The van der Waals surface area contributed by atoms with Crippen molar-refractivity contribution in [3.05, 3.63) is 40.8 Å². The van der Waals surface area contributed by atoms with Gasteiger partial charge in [-0.05, 0) is 48.7 Å². The molecule has 0 aliphatic rings. The molecule has 0 unspecified atom stereocenters. The van der Waals surface area contributed by atoms with Crippen molar-refractivity contribution in [2.45, 2.75) is 26.8 Å². The Hall–Kier alpha value is -2.05. The minimum atomic E-state index is -0.454. The van der Waals surface area contributed by atoms with Gasteiger partial charge in [-0.2, -0.15) is 0 Å². The van der Waals surface area contributed by atoms with E-state index >= 15 is 0 Å². The summed E-state index contributed by atoms with van der Waals surface area (Å²) in [5, 5.41) is 4.03. The van der Waals surface area contributed by atoms with Gasteiger partial charge in [-0.15, -0.1) is 0 Å². The molecular formula is C18H24N2O3S. The van der Waals surface area contributed by atoms with Gasteiger partial charge in [-0.1, -0.05) is 31.3 Å². The smallest absolute Gasteiger partial charge is 0.258 e. The lowest BCUT2D eigenvalue weighted by Gasteiger charge is -2.12. The lowest BCUT2D eigenvalue weighted by Crippen LogP contribution is -2.16. The van der Waals surface area contributed by atoms with Gasteiger partial charge in [0, 0.05) is 6.54 Å². The molecular weight excluding hydrogens is 324 g/mol. The summed E-state index contributed by atoms with van der Waals surface area (Å²) < 4.78 is 11.2. The number of hydrogen-bond donors (Lipinski definition) is 2. The molecule has 130 valence electrons. The molecule has 0 saturated carbocycles. The van der Waals surface area contributed by atoms with E-state index < -0.39 is 5.91 Å². The summed E-state index contributed by atoms with van der Waals surface area (Å²) in [4.78, 5) is 11.6. The normalized spacial score (nSPS) is 10.8. The number of thiophene rings is 1. The molecule has 1 aromatic carbocycles. The number of nitrogens with one attached hydrogen (secondary N) is 1. The largest absolute Gasteiger partial charge is 0.493 e. The fraction of sp³-hybridized carbons (Fsp3) is 0.389. The van der Waals surface area contributed by atoms with Crippen LogP contribution in [0, 0.1) is 5.92 Å². The van der Waals surface area contributed by atoms with Crippen LogP contribution in [0.2, 0.25) is 0 Å². The maximum atomic E-state index is 11.1. The van der Waals surface area contributed by atoms with E-state index in [1.807, 2.05) is 18.2 Å². The molecule has 0 fully saturated rings. The minimum absolute atomic E-state index is 0.454. The monoisotopic (exact) mass is 348 g/mol. The van der Waals surface area contributed by atoms with E-state index in [0.717, 1.165) is 25.1 Å². The first-order valence-corrected chi connectivity index (χ1v) is 8.76. The molecule has 0 bridgehead atoms. The average molecular weight is 348 g/mol. The van der Waals surface area contributed by atoms with Gasteiger partial charge in [-0.25, -0.2) is 0 Å². The van der Waals surface area contributed by atoms with Gasteiger partial charge < -0.3 is 20.5 Å². The number of primary amides is 1. The van der Waals surface area contributed by atoms with E-state index in [1.165, 1.54) is 11.3 Å². The Labute approximate surface area is 146 Å². The number of ether oxygens (including phenoxy) is 2. The van der Waals surface area contributed by atoms with Crippen LogP contribution < -0.4 is 20.5 Å². The quantitative estimate of drug-likeness (QED) is 0.676. The second-order valence-electron chi connectivity index (χ2n) is 5.93. The Morgan fingerprint density at radius 3 is 2.67 bits per heavy atom. The number of amides is 1. The molecule has 5 nitrogen and oxygen atoms in total. The Balaban J connectivity index is 2.01. The summed E-state index contributed by atoms with van der Waals surface area (Å²) in [6.45, 7) is 6.20. The Kier molecular flexibility index (Phi) is 6.63. The third kappa shape index (κ3) is 5.25. The zero-order valence-corrected chi connectivity index (χ0v) is 15.1. The standard InChI is InChI=1S/C18H24N2O3S/c1-12(2)8-9-20-11-13-4-5-14(15(10-13)22-3)23-17-7-6-16(24-17)18(19)21/h4-7,10,12,20H,8-9,11H2,1-3H3,(H2,19,21). The molecule has 0 radical (unpaired) electrons. The van der Waals surface area contributed by atoms with Crippen LogP contribution in [0.5, 0.6) is 16.6 Å². The van der Waals surface area contributed by atoms with Crippen molar-refractivity contribution in [2.75, 3.05) is 13.7 Å². The summed E-state index contributed by atoms with van der Waals surface area (Å²) in [5.74, 6) is 1.51. The molecule has 2 rings (SSSR count). The van der Waals surface area contributed by atoms with Crippen molar-refractivity contribution in [1.82, 2.24) is 5.32 Å². The second-order valence-corrected chi connectivity index (χ2v) is 6.98. The topological polar surface area (TPSA) is 73.6 Å². The maximum Gasteiger partial charge on any atom is 0.258 e. The molecule has 1 amide bonds. The van der Waals surface area contributed by atoms with Crippen molar-refractivity contribution in [3.8, 4) is 16.6 Å². The molecule has 1 aromatic heterocycles. The van der Waals surface area contributed by atoms with Crippen LogP contribution in [0.1, 0.15) is 35.5 Å². The van der Waals surface area contributed by atoms with E-state index in [-0.39, 0.29) is 0 Å². The average Bonchev–Trinajstić information content (AvgIpc) is 3.01. The summed E-state index contributed by atoms with van der Waals surface area (Å²) in [5.41, 5.74) is 6.39. The van der Waals surface area contributed by atoms with Crippen LogP contribution in [-0.4, -0.2) is 19.6 Å². The molecule has 3 N–H and O–H groups in total. The third-order valence-corrected chi connectivity index (χ3v) is 4.47. The van der Waals surface area contributed by atoms with Gasteiger partial charge in [-0.3, -0.25) is 4.79 Å². The SMILES string of the molecule is COc1cc(CNCCC(C)C)ccc1Oc1ccc(C(N)=O)s1. The highest BCUT2D eigenvalue weighted by atomic mass is 32.1. The highest BCUT2D eigenvalue weighted by Gasteiger charge is 2.11. The van der Waals surface area contributed by atoms with Crippen LogP contribution >= 0.6 is 11.3 Å². The van der Waals surface area contributed by atoms with Crippen LogP contribution in [0.25, 0.3) is 0 Å². The summed E-state index contributed by atoms with van der Waals surface area (Å²) in [7, 11) is 1.61. The fourth-order valence-corrected chi connectivity index (χ4v) is 2.87. The molecule has 0 aliphatic heterocycles. The lowest BCUT2D eigenvalue weighted by atomic mass is 10.1. The van der Waals surface area contributed by atoms with Crippen LogP contribution in [0.3, 0.4) is 0 Å². The van der Waals surface area contributed by atoms with Crippen LogP contribution in [-0.2, 0) is 6.54 Å². The Bertz CT molecular complexity index is 683. The van der Waals surface area contributed by atoms with Crippen molar-refractivity contribution in [3.63, 3.8) is 0 Å². The molecule has 6 heteroatoms. The number of carbonyl (C=O) groups excluding carboxylic acids is 1. The predicted octanol–water partition coefficient (Wildman–Crippen LogP) is 3.78.